The molecule has 4 rings (SSSR count). The van der Waals surface area contributed by atoms with E-state index in [4.69, 9.17) is 6.11 Å². The van der Waals surface area contributed by atoms with Crippen LogP contribution < -0.4 is 0 Å². The molecule has 0 fully saturated rings. The summed E-state index contributed by atoms with van der Waals surface area (Å²) >= 11 is 0. The quantitative estimate of drug-likeness (QED) is 0.115. The van der Waals surface area contributed by atoms with Crippen molar-refractivity contribution in [2.24, 2.45) is 4.99 Å². The molecule has 0 spiro atoms. The average Bonchev–Trinajstić information content (AvgIpc) is 3.00. The summed E-state index contributed by atoms with van der Waals surface area (Å²) in [5, 5.41) is 0. The lowest BCUT2D eigenvalue weighted by atomic mass is 9.90. The Morgan fingerprint density at radius 1 is 0.821 bits per heavy atom. The van der Waals surface area contributed by atoms with E-state index in [1.54, 1.807) is 48.5 Å². The molecule has 0 saturated carbocycles. The second-order valence-corrected chi connectivity index (χ2v) is 9.13. The molecule has 0 aliphatic rings. The number of ketones is 1. The number of aliphatic imine (C=N–C) groups is 1. The molecular weight excluding hydrogens is 482 g/mol. The maximum absolute atomic E-state index is 13.3. The van der Waals surface area contributed by atoms with Crippen molar-refractivity contribution in [3.8, 4) is 0 Å². The first-order valence-corrected chi connectivity index (χ1v) is 13.2. The topological polar surface area (TPSA) is 55.7 Å². The third kappa shape index (κ3) is 7.05. The Morgan fingerprint density at radius 2 is 1.46 bits per heavy atom. The van der Waals surface area contributed by atoms with Crippen molar-refractivity contribution in [2.75, 3.05) is 7.11 Å². The minimum atomic E-state index is -0.557. The number of esters is 1. The predicted molar refractivity (Wildman–Crippen MR) is 159 cm³/mol. The number of benzene rings is 4. The van der Waals surface area contributed by atoms with Crippen LogP contribution in [0.25, 0.3) is 5.57 Å². The van der Waals surface area contributed by atoms with E-state index in [0.717, 1.165) is 36.0 Å². The molecule has 0 heterocycles. The number of allylic oxidation sites excluding steroid dienone is 1. The van der Waals surface area contributed by atoms with Crippen LogP contribution in [0, 0.1) is 0 Å². The van der Waals surface area contributed by atoms with Crippen LogP contribution in [0.15, 0.2) is 120 Å². The summed E-state index contributed by atoms with van der Waals surface area (Å²) in [6.07, 6.45) is 5.27. The van der Waals surface area contributed by atoms with E-state index >= 15 is 0 Å². The van der Waals surface area contributed by atoms with Crippen LogP contribution in [0.1, 0.15) is 60.2 Å². The lowest BCUT2D eigenvalue weighted by Gasteiger charge is -2.14. The molecule has 0 atom stereocenters. The zero-order valence-electron chi connectivity index (χ0n) is 23.4. The normalized spacial score (nSPS) is 12.1. The zero-order valence-corrected chi connectivity index (χ0v) is 22.4. The van der Waals surface area contributed by atoms with E-state index in [9.17, 15) is 9.59 Å². The van der Waals surface area contributed by atoms with Crippen LogP contribution >= 0.6 is 0 Å². The van der Waals surface area contributed by atoms with E-state index in [1.807, 2.05) is 48.5 Å². The molecular formula is C35H33NO3. The van der Waals surface area contributed by atoms with Crippen molar-refractivity contribution in [3.05, 3.63) is 143 Å². The molecule has 196 valence electrons. The second-order valence-electron chi connectivity index (χ2n) is 9.13. The zero-order chi connectivity index (χ0) is 28.3. The Morgan fingerprint density at radius 3 is 2.18 bits per heavy atom. The molecule has 0 radical (unpaired) electrons. The number of nitrogens with zero attached hydrogens (tertiary/aromatic N) is 1. The van der Waals surface area contributed by atoms with Gasteiger partial charge < -0.3 is 4.74 Å². The van der Waals surface area contributed by atoms with Gasteiger partial charge in [-0.1, -0.05) is 116 Å². The van der Waals surface area contributed by atoms with E-state index in [2.05, 4.69) is 24.0 Å². The van der Waals surface area contributed by atoms with Gasteiger partial charge in [0, 0.05) is 17.5 Å². The van der Waals surface area contributed by atoms with Crippen molar-refractivity contribution in [2.45, 2.75) is 32.6 Å². The summed E-state index contributed by atoms with van der Waals surface area (Å²) in [6, 6.07) is 32.1. The van der Waals surface area contributed by atoms with Crippen molar-refractivity contribution < 1.29 is 15.7 Å². The van der Waals surface area contributed by atoms with Gasteiger partial charge >= 0.3 is 5.97 Å². The molecule has 4 aromatic carbocycles. The molecule has 0 amide bonds. The highest BCUT2D eigenvalue weighted by Gasteiger charge is 2.17. The van der Waals surface area contributed by atoms with Gasteiger partial charge in [0.1, 0.15) is 5.71 Å². The number of hydrogen-bond donors (Lipinski definition) is 0. The van der Waals surface area contributed by atoms with Crippen LogP contribution in [0.2, 0.25) is 0 Å². The predicted octanol–water partition coefficient (Wildman–Crippen LogP) is 8.03. The number of carbonyl (C=O) groups excluding carboxylic acids is 2. The van der Waals surface area contributed by atoms with Gasteiger partial charge in [-0.25, -0.2) is 9.79 Å². The van der Waals surface area contributed by atoms with Gasteiger partial charge in [-0.2, -0.15) is 0 Å². The lowest BCUT2D eigenvalue weighted by Crippen LogP contribution is -2.15. The maximum atomic E-state index is 13.3. The van der Waals surface area contributed by atoms with Gasteiger partial charge in [-0.15, -0.1) is 0 Å². The SMILES string of the molecule is [3H]c1ccc(C(=CCC(=Nc2ccccc2C(=O)c2ccccc2)C(=O)OC)c2ccccc2CCCC)cc1. The van der Waals surface area contributed by atoms with Crippen LogP contribution in [0.3, 0.4) is 0 Å². The molecule has 4 aromatic rings. The summed E-state index contributed by atoms with van der Waals surface area (Å²) in [5.74, 6) is -0.723. The number of methoxy groups -OCH3 is 1. The van der Waals surface area contributed by atoms with Crippen molar-refractivity contribution in [1.29, 1.82) is 0 Å². The Labute approximate surface area is 232 Å². The highest BCUT2D eigenvalue weighted by Crippen LogP contribution is 2.29. The van der Waals surface area contributed by atoms with E-state index < -0.39 is 5.97 Å². The number of aryl methyl sites for hydroxylation is 1. The number of hydrogen-bond acceptors (Lipinski definition) is 4. The maximum Gasteiger partial charge on any atom is 0.352 e. The summed E-state index contributed by atoms with van der Waals surface area (Å²) < 4.78 is 13.0. The first-order valence-electron chi connectivity index (χ1n) is 13.7. The summed E-state index contributed by atoms with van der Waals surface area (Å²) in [7, 11) is 1.33. The number of unbranched alkanes of at least 4 members (excludes halogenated alkanes) is 1. The van der Waals surface area contributed by atoms with Crippen LogP contribution in [0.4, 0.5) is 5.69 Å². The highest BCUT2D eigenvalue weighted by atomic mass is 16.5. The van der Waals surface area contributed by atoms with Crippen LogP contribution in [0.5, 0.6) is 0 Å². The van der Waals surface area contributed by atoms with Gasteiger partial charge in [0.2, 0.25) is 0 Å². The molecule has 0 bridgehead atoms. The second kappa shape index (κ2) is 13.8. The fraction of sp³-hybridized carbons (Fsp3) is 0.171. The number of para-hydroxylation sites is 1. The van der Waals surface area contributed by atoms with Gasteiger partial charge in [0.25, 0.3) is 0 Å². The van der Waals surface area contributed by atoms with Crippen molar-refractivity contribution >= 4 is 28.7 Å². The average molecular weight is 518 g/mol. The van der Waals surface area contributed by atoms with Gasteiger partial charge in [0.05, 0.1) is 14.2 Å². The number of rotatable bonds is 11. The van der Waals surface area contributed by atoms with E-state index in [-0.39, 0.29) is 17.9 Å². The van der Waals surface area contributed by atoms with Crippen LogP contribution in [-0.4, -0.2) is 24.6 Å². The summed E-state index contributed by atoms with van der Waals surface area (Å²) in [5.41, 5.74) is 5.77. The van der Waals surface area contributed by atoms with E-state index in [0.29, 0.717) is 22.9 Å². The molecule has 0 N–H and O–H groups in total. The standard InChI is InChI=1S/C35H33NO3/c1-3-4-15-26-18-11-12-21-29(26)30(27-16-7-5-8-17-27)24-25-33(35(38)39-2)36-32-23-14-13-22-31(32)34(37)28-19-9-6-10-20-28/h5-14,16-24H,3-4,15,25H2,1-2H3/i5T. The molecule has 4 heteroatoms. The Hall–Kier alpha value is -4.57. The van der Waals surface area contributed by atoms with E-state index in [1.165, 1.54) is 12.7 Å². The van der Waals surface area contributed by atoms with Crippen molar-refractivity contribution in [1.82, 2.24) is 0 Å². The smallest absolute Gasteiger partial charge is 0.352 e. The van der Waals surface area contributed by atoms with Crippen molar-refractivity contribution in [3.63, 3.8) is 0 Å². The fourth-order valence-electron chi connectivity index (χ4n) is 4.46. The largest absolute Gasteiger partial charge is 0.465 e. The first kappa shape index (κ1) is 26.1. The third-order valence-electron chi connectivity index (χ3n) is 6.50. The Balaban J connectivity index is 1.78. The minimum Gasteiger partial charge on any atom is -0.465 e. The van der Waals surface area contributed by atoms with Gasteiger partial charge in [-0.3, -0.25) is 4.79 Å². The molecule has 0 saturated heterocycles. The Bertz CT molecular complexity index is 1520. The Kier molecular flexibility index (Phi) is 9.24. The fourth-order valence-corrected chi connectivity index (χ4v) is 4.46. The molecule has 0 aliphatic heterocycles. The number of carbonyl (C=O) groups is 2. The first-order chi connectivity index (χ1) is 19.5. The monoisotopic (exact) mass is 517 g/mol. The third-order valence-corrected chi connectivity index (χ3v) is 6.50. The minimum absolute atomic E-state index is 0.166. The molecule has 4 nitrogen and oxygen atoms in total. The van der Waals surface area contributed by atoms with Gasteiger partial charge in [-0.05, 0) is 47.2 Å². The molecule has 0 unspecified atom stereocenters. The number of ether oxygens (including phenoxy) is 1. The molecule has 39 heavy (non-hydrogen) atoms. The summed E-state index contributed by atoms with van der Waals surface area (Å²) in [6.45, 7) is 2.17. The summed E-state index contributed by atoms with van der Waals surface area (Å²) in [4.78, 5) is 30.8. The van der Waals surface area contributed by atoms with Gasteiger partial charge in [0.15, 0.2) is 5.78 Å². The molecule has 0 aliphatic carbocycles. The van der Waals surface area contributed by atoms with Crippen LogP contribution in [-0.2, 0) is 16.0 Å². The molecule has 0 aromatic heterocycles. The highest BCUT2D eigenvalue weighted by molar-refractivity contribution is 6.37. The lowest BCUT2D eigenvalue weighted by molar-refractivity contribution is -0.132.